The second kappa shape index (κ2) is 9.73. The molecule has 0 radical (unpaired) electrons. The summed E-state index contributed by atoms with van der Waals surface area (Å²) in [5.41, 5.74) is 3.08. The highest BCUT2D eigenvalue weighted by Crippen LogP contribution is 2.28. The lowest BCUT2D eigenvalue weighted by Crippen LogP contribution is -2.20. The number of Topliss-reactive ketones (excluding diaryl/α,β-unsaturated/α-hetero) is 1. The van der Waals surface area contributed by atoms with Crippen LogP contribution in [0.1, 0.15) is 42.5 Å². The number of benzene rings is 3. The molecule has 2 N–H and O–H groups in total. The number of carbonyl (C=O) groups is 2. The van der Waals surface area contributed by atoms with E-state index in [0.717, 1.165) is 54.5 Å². The SMILES string of the molecule is O=C(Nc1ccc(-c2ccc(C(=O)C3CCCCC3)cc2)cc1)Nc1ccc(F)cc1F. The van der Waals surface area contributed by atoms with E-state index in [2.05, 4.69) is 10.6 Å². The molecular weight excluding hydrogens is 410 g/mol. The van der Waals surface area contributed by atoms with E-state index in [1.54, 1.807) is 12.1 Å². The van der Waals surface area contributed by atoms with Crippen LogP contribution < -0.4 is 10.6 Å². The van der Waals surface area contributed by atoms with Crippen molar-refractivity contribution in [1.82, 2.24) is 0 Å². The molecular formula is C26H24F2N2O2. The van der Waals surface area contributed by atoms with Crippen LogP contribution in [0.15, 0.2) is 66.7 Å². The molecule has 0 spiro atoms. The Hall–Kier alpha value is -3.54. The van der Waals surface area contributed by atoms with Crippen LogP contribution in [0.4, 0.5) is 25.0 Å². The lowest BCUT2D eigenvalue weighted by Gasteiger charge is -2.20. The van der Waals surface area contributed by atoms with Crippen molar-refractivity contribution in [3.63, 3.8) is 0 Å². The first-order valence-electron chi connectivity index (χ1n) is 10.8. The molecule has 6 heteroatoms. The van der Waals surface area contributed by atoms with Gasteiger partial charge >= 0.3 is 6.03 Å². The number of ketones is 1. The third-order valence-electron chi connectivity index (χ3n) is 5.80. The lowest BCUT2D eigenvalue weighted by molar-refractivity contribution is 0.0889. The smallest absolute Gasteiger partial charge is 0.308 e. The van der Waals surface area contributed by atoms with Gasteiger partial charge in [0.25, 0.3) is 0 Å². The largest absolute Gasteiger partial charge is 0.323 e. The van der Waals surface area contributed by atoms with Crippen LogP contribution in [0.25, 0.3) is 11.1 Å². The van der Waals surface area contributed by atoms with E-state index in [-0.39, 0.29) is 17.4 Å². The number of hydrogen-bond donors (Lipinski definition) is 2. The van der Waals surface area contributed by atoms with Crippen molar-refractivity contribution in [3.8, 4) is 11.1 Å². The molecule has 0 bridgehead atoms. The van der Waals surface area contributed by atoms with Crippen LogP contribution >= 0.6 is 0 Å². The standard InChI is InChI=1S/C26H24F2N2O2/c27-21-12-15-24(23(28)16-21)30-26(32)29-22-13-10-18(11-14-22)17-6-8-20(9-7-17)25(31)19-4-2-1-3-5-19/h6-16,19H,1-5H2,(H2,29,30,32). The number of amides is 2. The van der Waals surface area contributed by atoms with E-state index in [1.807, 2.05) is 36.4 Å². The Morgan fingerprint density at radius 1 is 0.750 bits per heavy atom. The number of halogens is 2. The van der Waals surface area contributed by atoms with Crippen molar-refractivity contribution in [2.75, 3.05) is 10.6 Å². The number of rotatable bonds is 5. The van der Waals surface area contributed by atoms with Crippen molar-refractivity contribution < 1.29 is 18.4 Å². The number of hydrogen-bond acceptors (Lipinski definition) is 2. The topological polar surface area (TPSA) is 58.2 Å². The van der Waals surface area contributed by atoms with Gasteiger partial charge in [0.2, 0.25) is 0 Å². The first-order chi connectivity index (χ1) is 15.5. The molecule has 32 heavy (non-hydrogen) atoms. The molecule has 0 atom stereocenters. The zero-order valence-corrected chi connectivity index (χ0v) is 17.5. The van der Waals surface area contributed by atoms with Crippen LogP contribution in [0.5, 0.6) is 0 Å². The second-order valence-corrected chi connectivity index (χ2v) is 8.06. The minimum Gasteiger partial charge on any atom is -0.308 e. The molecule has 0 aromatic heterocycles. The predicted molar refractivity (Wildman–Crippen MR) is 122 cm³/mol. The number of urea groups is 1. The van der Waals surface area contributed by atoms with Gasteiger partial charge in [0.15, 0.2) is 5.78 Å². The van der Waals surface area contributed by atoms with Gasteiger partial charge in [0.05, 0.1) is 5.69 Å². The third kappa shape index (κ3) is 5.19. The van der Waals surface area contributed by atoms with Crippen molar-refractivity contribution >= 4 is 23.2 Å². The molecule has 0 heterocycles. The van der Waals surface area contributed by atoms with Gasteiger partial charge in [-0.05, 0) is 48.2 Å². The highest BCUT2D eigenvalue weighted by molar-refractivity contribution is 6.00. The first-order valence-corrected chi connectivity index (χ1v) is 10.8. The highest BCUT2D eigenvalue weighted by atomic mass is 19.1. The van der Waals surface area contributed by atoms with Gasteiger partial charge < -0.3 is 10.6 Å². The van der Waals surface area contributed by atoms with E-state index < -0.39 is 17.7 Å². The van der Waals surface area contributed by atoms with Gasteiger partial charge in [-0.25, -0.2) is 13.6 Å². The fourth-order valence-corrected chi connectivity index (χ4v) is 4.05. The van der Waals surface area contributed by atoms with Crippen LogP contribution in [0.2, 0.25) is 0 Å². The minimum absolute atomic E-state index is 0.108. The molecule has 1 aliphatic carbocycles. The van der Waals surface area contributed by atoms with Crippen LogP contribution in [-0.4, -0.2) is 11.8 Å². The molecule has 3 aromatic carbocycles. The molecule has 1 aliphatic rings. The summed E-state index contributed by atoms with van der Waals surface area (Å²) in [6.07, 6.45) is 5.45. The van der Waals surface area contributed by atoms with Crippen LogP contribution in [0.3, 0.4) is 0 Å². The van der Waals surface area contributed by atoms with Crippen molar-refractivity contribution in [2.24, 2.45) is 5.92 Å². The zero-order chi connectivity index (χ0) is 22.5. The Kier molecular flexibility index (Phi) is 6.59. The fourth-order valence-electron chi connectivity index (χ4n) is 4.05. The Morgan fingerprint density at radius 3 is 2.00 bits per heavy atom. The molecule has 4 rings (SSSR count). The summed E-state index contributed by atoms with van der Waals surface area (Å²) in [4.78, 5) is 24.8. The minimum atomic E-state index is -0.846. The average molecular weight is 434 g/mol. The highest BCUT2D eigenvalue weighted by Gasteiger charge is 2.22. The van der Waals surface area contributed by atoms with Crippen LogP contribution in [0, 0.1) is 17.6 Å². The molecule has 0 saturated heterocycles. The Labute approximate surface area is 185 Å². The quantitative estimate of drug-likeness (QED) is 0.423. The summed E-state index contributed by atoms with van der Waals surface area (Å²) < 4.78 is 26.6. The fraction of sp³-hybridized carbons (Fsp3) is 0.231. The molecule has 0 unspecified atom stereocenters. The molecule has 164 valence electrons. The number of carbonyl (C=O) groups excluding carboxylic acids is 2. The number of nitrogens with one attached hydrogen (secondary N) is 2. The first kappa shape index (κ1) is 21.7. The predicted octanol–water partition coefficient (Wildman–Crippen LogP) is 7.04. The van der Waals surface area contributed by atoms with E-state index in [4.69, 9.17) is 0 Å². The van der Waals surface area contributed by atoms with E-state index in [1.165, 1.54) is 6.42 Å². The maximum absolute atomic E-state index is 13.7. The maximum atomic E-state index is 13.7. The van der Waals surface area contributed by atoms with Gasteiger partial charge in [0, 0.05) is 23.2 Å². The Balaban J connectivity index is 1.37. The number of anilines is 2. The molecule has 1 fully saturated rings. The monoisotopic (exact) mass is 434 g/mol. The Bertz CT molecular complexity index is 1110. The van der Waals surface area contributed by atoms with Crippen molar-refractivity contribution in [1.29, 1.82) is 0 Å². The normalized spacial score (nSPS) is 14.1. The van der Waals surface area contributed by atoms with Crippen molar-refractivity contribution in [3.05, 3.63) is 83.9 Å². The van der Waals surface area contributed by atoms with Gasteiger partial charge in [-0.1, -0.05) is 55.7 Å². The molecule has 2 amide bonds. The summed E-state index contributed by atoms with van der Waals surface area (Å²) >= 11 is 0. The average Bonchev–Trinajstić information content (AvgIpc) is 2.82. The molecule has 1 saturated carbocycles. The van der Waals surface area contributed by atoms with E-state index in [9.17, 15) is 18.4 Å². The van der Waals surface area contributed by atoms with Gasteiger partial charge in [-0.2, -0.15) is 0 Å². The van der Waals surface area contributed by atoms with Gasteiger partial charge in [-0.3, -0.25) is 4.79 Å². The van der Waals surface area contributed by atoms with E-state index >= 15 is 0 Å². The van der Waals surface area contributed by atoms with Gasteiger partial charge in [-0.15, -0.1) is 0 Å². The van der Waals surface area contributed by atoms with Crippen molar-refractivity contribution in [2.45, 2.75) is 32.1 Å². The third-order valence-corrected chi connectivity index (χ3v) is 5.80. The summed E-state index contributed by atoms with van der Waals surface area (Å²) in [5.74, 6) is -1.18. The lowest BCUT2D eigenvalue weighted by atomic mass is 9.83. The second-order valence-electron chi connectivity index (χ2n) is 8.06. The summed E-state index contributed by atoms with van der Waals surface area (Å²) in [5, 5.41) is 4.97. The van der Waals surface area contributed by atoms with E-state index in [0.29, 0.717) is 11.8 Å². The summed E-state index contributed by atoms with van der Waals surface area (Å²) in [6.45, 7) is 0. The maximum Gasteiger partial charge on any atom is 0.323 e. The van der Waals surface area contributed by atoms with Crippen LogP contribution in [-0.2, 0) is 0 Å². The summed E-state index contributed by atoms with van der Waals surface area (Å²) in [7, 11) is 0. The van der Waals surface area contributed by atoms with Gasteiger partial charge in [0.1, 0.15) is 11.6 Å². The molecule has 0 aliphatic heterocycles. The molecule has 4 nitrogen and oxygen atoms in total. The zero-order valence-electron chi connectivity index (χ0n) is 17.5. The Morgan fingerprint density at radius 2 is 1.38 bits per heavy atom. The molecule has 3 aromatic rings. The summed E-state index contributed by atoms with van der Waals surface area (Å²) in [6, 6.07) is 17.1.